The smallest absolute Gasteiger partial charge is 0.126 e. The molecule has 0 heterocycles. The first-order valence-corrected chi connectivity index (χ1v) is 6.41. The average Bonchev–Trinajstić information content (AvgIpc) is 2.37. The highest BCUT2D eigenvalue weighted by molar-refractivity contribution is 5.28. The highest BCUT2D eigenvalue weighted by Gasteiger charge is 1.99. The van der Waals surface area contributed by atoms with Crippen molar-refractivity contribution in [2.75, 3.05) is 32.9 Å². The Bertz CT molecular complexity index is 345. The number of halogens is 1. The molecule has 1 N–H and O–H groups in total. The van der Waals surface area contributed by atoms with Crippen molar-refractivity contribution in [2.45, 2.75) is 20.3 Å². The second kappa shape index (κ2) is 8.89. The maximum Gasteiger partial charge on any atom is 0.126 e. The maximum absolute atomic E-state index is 13.0. The number of aryl methyl sites for hydroxylation is 1. The van der Waals surface area contributed by atoms with Gasteiger partial charge < -0.3 is 14.8 Å². The lowest BCUT2D eigenvalue weighted by Gasteiger charge is -2.08. The van der Waals surface area contributed by atoms with E-state index in [1.54, 1.807) is 19.1 Å². The Morgan fingerprint density at radius 3 is 2.78 bits per heavy atom. The number of rotatable bonds is 9. The fourth-order valence-electron chi connectivity index (χ4n) is 1.52. The molecule has 102 valence electrons. The summed E-state index contributed by atoms with van der Waals surface area (Å²) in [6.45, 7) is 7.57. The molecular weight excluding hydrogens is 233 g/mol. The Morgan fingerprint density at radius 2 is 2.06 bits per heavy atom. The number of benzene rings is 1. The molecule has 0 radical (unpaired) electrons. The summed E-state index contributed by atoms with van der Waals surface area (Å²) in [5.41, 5.74) is 0.608. The molecule has 1 rings (SSSR count). The first-order valence-electron chi connectivity index (χ1n) is 6.41. The van der Waals surface area contributed by atoms with Gasteiger partial charge in [0.1, 0.15) is 18.2 Å². The summed E-state index contributed by atoms with van der Waals surface area (Å²) in [5, 5.41) is 3.26. The van der Waals surface area contributed by atoms with Gasteiger partial charge in [0.25, 0.3) is 0 Å². The zero-order valence-electron chi connectivity index (χ0n) is 11.2. The van der Waals surface area contributed by atoms with Crippen LogP contribution < -0.4 is 10.1 Å². The standard InChI is InChI=1S/C14H22FNO2/c1-3-17-9-4-7-16-8-10-18-13-5-6-14(15)12(2)11-13/h5-6,11,16H,3-4,7-10H2,1-2H3. The van der Waals surface area contributed by atoms with Crippen LogP contribution in [0.15, 0.2) is 18.2 Å². The van der Waals surface area contributed by atoms with E-state index in [4.69, 9.17) is 9.47 Å². The Hall–Kier alpha value is -1.13. The molecule has 0 aliphatic carbocycles. The first-order chi connectivity index (χ1) is 8.74. The van der Waals surface area contributed by atoms with Crippen LogP contribution in [0.25, 0.3) is 0 Å². The Morgan fingerprint density at radius 1 is 1.22 bits per heavy atom. The molecule has 0 bridgehead atoms. The van der Waals surface area contributed by atoms with Crippen LogP contribution in [-0.2, 0) is 4.74 Å². The van der Waals surface area contributed by atoms with Crippen molar-refractivity contribution in [1.82, 2.24) is 5.32 Å². The van der Waals surface area contributed by atoms with Gasteiger partial charge in [0, 0.05) is 19.8 Å². The lowest BCUT2D eigenvalue weighted by molar-refractivity contribution is 0.144. The van der Waals surface area contributed by atoms with Crippen molar-refractivity contribution in [3.05, 3.63) is 29.6 Å². The third-order valence-corrected chi connectivity index (χ3v) is 2.52. The molecule has 1 aromatic rings. The predicted molar refractivity (Wildman–Crippen MR) is 70.6 cm³/mol. The Labute approximate surface area is 108 Å². The highest BCUT2D eigenvalue weighted by atomic mass is 19.1. The van der Waals surface area contributed by atoms with Crippen LogP contribution in [0.2, 0.25) is 0 Å². The molecule has 4 heteroatoms. The van der Waals surface area contributed by atoms with Crippen molar-refractivity contribution >= 4 is 0 Å². The van der Waals surface area contributed by atoms with Crippen LogP contribution in [0.4, 0.5) is 4.39 Å². The summed E-state index contributed by atoms with van der Waals surface area (Å²) in [7, 11) is 0. The molecule has 0 spiro atoms. The molecule has 0 aliphatic heterocycles. The van der Waals surface area contributed by atoms with E-state index in [0.29, 0.717) is 17.9 Å². The van der Waals surface area contributed by atoms with Crippen LogP contribution in [-0.4, -0.2) is 32.9 Å². The van der Waals surface area contributed by atoms with Gasteiger partial charge in [0.2, 0.25) is 0 Å². The largest absolute Gasteiger partial charge is 0.492 e. The number of hydrogen-bond donors (Lipinski definition) is 1. The summed E-state index contributed by atoms with van der Waals surface area (Å²) in [6.07, 6.45) is 1.00. The molecule has 0 fully saturated rings. The van der Waals surface area contributed by atoms with Crippen LogP contribution in [0.1, 0.15) is 18.9 Å². The number of nitrogens with one attached hydrogen (secondary N) is 1. The summed E-state index contributed by atoms with van der Waals surface area (Å²) < 4.78 is 23.7. The summed E-state index contributed by atoms with van der Waals surface area (Å²) in [4.78, 5) is 0. The monoisotopic (exact) mass is 255 g/mol. The molecule has 3 nitrogen and oxygen atoms in total. The van der Waals surface area contributed by atoms with E-state index in [9.17, 15) is 4.39 Å². The van der Waals surface area contributed by atoms with Gasteiger partial charge in [-0.25, -0.2) is 4.39 Å². The van der Waals surface area contributed by atoms with Gasteiger partial charge in [-0.15, -0.1) is 0 Å². The van der Waals surface area contributed by atoms with Crippen molar-refractivity contribution in [2.24, 2.45) is 0 Å². The zero-order valence-corrected chi connectivity index (χ0v) is 11.2. The molecule has 0 unspecified atom stereocenters. The second-order valence-electron chi connectivity index (χ2n) is 4.06. The van der Waals surface area contributed by atoms with Crippen molar-refractivity contribution in [3.63, 3.8) is 0 Å². The topological polar surface area (TPSA) is 30.5 Å². The maximum atomic E-state index is 13.0. The SMILES string of the molecule is CCOCCCNCCOc1ccc(F)c(C)c1. The lowest BCUT2D eigenvalue weighted by atomic mass is 10.2. The quantitative estimate of drug-likeness (QED) is 0.688. The van der Waals surface area contributed by atoms with E-state index >= 15 is 0 Å². The number of ether oxygens (including phenoxy) is 2. The lowest BCUT2D eigenvalue weighted by Crippen LogP contribution is -2.23. The molecule has 0 amide bonds. The van der Waals surface area contributed by atoms with E-state index in [1.807, 2.05) is 6.92 Å². The fraction of sp³-hybridized carbons (Fsp3) is 0.571. The van der Waals surface area contributed by atoms with E-state index in [0.717, 1.165) is 32.7 Å². The van der Waals surface area contributed by atoms with Crippen LogP contribution in [0, 0.1) is 12.7 Å². The molecule has 1 aromatic carbocycles. The highest BCUT2D eigenvalue weighted by Crippen LogP contribution is 2.15. The minimum absolute atomic E-state index is 0.198. The van der Waals surface area contributed by atoms with E-state index in [-0.39, 0.29) is 5.82 Å². The van der Waals surface area contributed by atoms with Gasteiger partial charge in [-0.1, -0.05) is 0 Å². The van der Waals surface area contributed by atoms with Crippen LogP contribution >= 0.6 is 0 Å². The van der Waals surface area contributed by atoms with Crippen molar-refractivity contribution < 1.29 is 13.9 Å². The van der Waals surface area contributed by atoms with Crippen molar-refractivity contribution in [3.8, 4) is 5.75 Å². The van der Waals surface area contributed by atoms with Gasteiger partial charge in [-0.2, -0.15) is 0 Å². The molecule has 0 saturated carbocycles. The molecule has 0 atom stereocenters. The van der Waals surface area contributed by atoms with E-state index < -0.39 is 0 Å². The van der Waals surface area contributed by atoms with Crippen LogP contribution in [0.5, 0.6) is 5.75 Å². The van der Waals surface area contributed by atoms with Crippen molar-refractivity contribution in [1.29, 1.82) is 0 Å². The van der Waals surface area contributed by atoms with Crippen LogP contribution in [0.3, 0.4) is 0 Å². The second-order valence-corrected chi connectivity index (χ2v) is 4.06. The molecule has 18 heavy (non-hydrogen) atoms. The van der Waals surface area contributed by atoms with E-state index in [2.05, 4.69) is 5.32 Å². The molecular formula is C14H22FNO2. The van der Waals surface area contributed by atoms with Gasteiger partial charge >= 0.3 is 0 Å². The summed E-state index contributed by atoms with van der Waals surface area (Å²) in [5.74, 6) is 0.515. The fourth-order valence-corrected chi connectivity index (χ4v) is 1.52. The summed E-state index contributed by atoms with van der Waals surface area (Å²) in [6, 6.07) is 4.79. The molecule has 0 aromatic heterocycles. The normalized spacial score (nSPS) is 10.6. The van der Waals surface area contributed by atoms with Gasteiger partial charge in [0.15, 0.2) is 0 Å². The summed E-state index contributed by atoms with van der Waals surface area (Å²) >= 11 is 0. The average molecular weight is 255 g/mol. The molecule has 0 saturated heterocycles. The third-order valence-electron chi connectivity index (χ3n) is 2.52. The van der Waals surface area contributed by atoms with Gasteiger partial charge in [-0.05, 0) is 50.6 Å². The minimum Gasteiger partial charge on any atom is -0.492 e. The zero-order chi connectivity index (χ0) is 13.2. The first kappa shape index (κ1) is 14.9. The Balaban J connectivity index is 2.05. The molecule has 0 aliphatic rings. The Kier molecular flexibility index (Phi) is 7.37. The van der Waals surface area contributed by atoms with Gasteiger partial charge in [-0.3, -0.25) is 0 Å². The van der Waals surface area contributed by atoms with Gasteiger partial charge in [0.05, 0.1) is 0 Å². The minimum atomic E-state index is -0.198. The number of hydrogen-bond acceptors (Lipinski definition) is 3. The third kappa shape index (κ3) is 5.98. The van der Waals surface area contributed by atoms with E-state index in [1.165, 1.54) is 6.07 Å². The predicted octanol–water partition coefficient (Wildman–Crippen LogP) is 2.53.